The zero-order chi connectivity index (χ0) is 13.0. The van der Waals surface area contributed by atoms with E-state index >= 15 is 0 Å². The Kier molecular flexibility index (Phi) is 3.72. The first-order valence-electron chi connectivity index (χ1n) is 5.98. The number of benzene rings is 2. The van der Waals surface area contributed by atoms with Gasteiger partial charge in [0.25, 0.3) is 0 Å². The van der Waals surface area contributed by atoms with E-state index in [0.29, 0.717) is 6.61 Å². The van der Waals surface area contributed by atoms with E-state index in [1.165, 1.54) is 11.1 Å². The van der Waals surface area contributed by atoms with E-state index in [-0.39, 0.29) is 0 Å². The molecule has 2 rings (SSSR count). The van der Waals surface area contributed by atoms with Gasteiger partial charge in [-0.2, -0.15) is 0 Å². The average Bonchev–Trinajstić information content (AvgIpc) is 2.34. The lowest BCUT2D eigenvalue weighted by molar-refractivity contribution is 0.322. The van der Waals surface area contributed by atoms with Crippen LogP contribution in [0.15, 0.2) is 42.5 Å². The van der Waals surface area contributed by atoms with E-state index in [4.69, 9.17) is 16.2 Å². The van der Waals surface area contributed by atoms with Crippen LogP contribution in [0.25, 0.3) is 0 Å². The van der Waals surface area contributed by atoms with Crippen molar-refractivity contribution in [2.45, 2.75) is 13.3 Å². The Morgan fingerprint density at radius 1 is 0.944 bits per heavy atom. The molecule has 4 N–H and O–H groups in total. The molecule has 0 spiro atoms. The zero-order valence-electron chi connectivity index (χ0n) is 10.5. The van der Waals surface area contributed by atoms with Gasteiger partial charge in [-0.15, -0.1) is 0 Å². The van der Waals surface area contributed by atoms with Gasteiger partial charge in [-0.25, -0.2) is 0 Å². The van der Waals surface area contributed by atoms with Crippen molar-refractivity contribution in [1.29, 1.82) is 0 Å². The highest BCUT2D eigenvalue weighted by molar-refractivity contribution is 5.44. The summed E-state index contributed by atoms with van der Waals surface area (Å²) in [5.74, 6) is 0.845. The smallest absolute Gasteiger partial charge is 0.119 e. The first-order chi connectivity index (χ1) is 8.65. The molecule has 0 unspecified atom stereocenters. The van der Waals surface area contributed by atoms with Crippen LogP contribution in [-0.4, -0.2) is 6.61 Å². The Morgan fingerprint density at radius 2 is 1.61 bits per heavy atom. The van der Waals surface area contributed by atoms with E-state index < -0.39 is 0 Å². The highest BCUT2D eigenvalue weighted by Crippen LogP contribution is 2.16. The maximum atomic E-state index is 5.72. The van der Waals surface area contributed by atoms with Crippen molar-refractivity contribution in [3.63, 3.8) is 0 Å². The van der Waals surface area contributed by atoms with E-state index in [9.17, 15) is 0 Å². The van der Waals surface area contributed by atoms with Crippen molar-refractivity contribution in [3.05, 3.63) is 53.6 Å². The number of rotatable bonds is 4. The Balaban J connectivity index is 1.90. The Labute approximate surface area is 107 Å². The zero-order valence-corrected chi connectivity index (χ0v) is 10.5. The van der Waals surface area contributed by atoms with Crippen LogP contribution in [0.2, 0.25) is 0 Å². The molecule has 0 amide bonds. The van der Waals surface area contributed by atoms with Crippen molar-refractivity contribution in [2.24, 2.45) is 0 Å². The molecule has 0 heterocycles. The van der Waals surface area contributed by atoms with Crippen molar-refractivity contribution >= 4 is 11.4 Å². The van der Waals surface area contributed by atoms with Crippen molar-refractivity contribution in [2.75, 3.05) is 18.1 Å². The Morgan fingerprint density at radius 3 is 2.28 bits per heavy atom. The predicted octanol–water partition coefficient (Wildman–Crippen LogP) is 2.78. The van der Waals surface area contributed by atoms with Crippen LogP contribution in [0.5, 0.6) is 5.75 Å². The fourth-order valence-electron chi connectivity index (χ4n) is 1.84. The van der Waals surface area contributed by atoms with Gasteiger partial charge < -0.3 is 16.2 Å². The van der Waals surface area contributed by atoms with Crippen LogP contribution in [0.4, 0.5) is 11.4 Å². The van der Waals surface area contributed by atoms with Gasteiger partial charge in [0.05, 0.1) is 6.61 Å². The van der Waals surface area contributed by atoms with E-state index in [0.717, 1.165) is 23.5 Å². The standard InChI is InChI=1S/C15H18N2O/c1-11-10-14(17)3-2-12(11)8-9-18-15-6-4-13(16)5-7-15/h2-7,10H,8-9,16-17H2,1H3. The van der Waals surface area contributed by atoms with E-state index in [1.807, 2.05) is 36.4 Å². The second kappa shape index (κ2) is 5.45. The first kappa shape index (κ1) is 12.3. The molecule has 18 heavy (non-hydrogen) atoms. The number of nitrogen functional groups attached to an aromatic ring is 2. The third kappa shape index (κ3) is 3.17. The van der Waals surface area contributed by atoms with Gasteiger partial charge in [-0.1, -0.05) is 6.07 Å². The molecule has 2 aromatic rings. The minimum atomic E-state index is 0.647. The Hall–Kier alpha value is -2.16. The Bertz CT molecular complexity index is 521. The minimum absolute atomic E-state index is 0.647. The number of hydrogen-bond donors (Lipinski definition) is 2. The summed E-state index contributed by atoms with van der Waals surface area (Å²) in [4.78, 5) is 0. The molecule has 0 radical (unpaired) electrons. The van der Waals surface area contributed by atoms with Crippen molar-refractivity contribution < 1.29 is 4.74 Å². The molecule has 0 saturated carbocycles. The van der Waals surface area contributed by atoms with Crippen LogP contribution in [0, 0.1) is 6.92 Å². The van der Waals surface area contributed by atoms with Gasteiger partial charge >= 0.3 is 0 Å². The van der Waals surface area contributed by atoms with Gasteiger partial charge in [0.2, 0.25) is 0 Å². The number of hydrogen-bond acceptors (Lipinski definition) is 3. The summed E-state index contributed by atoms with van der Waals surface area (Å²) >= 11 is 0. The lowest BCUT2D eigenvalue weighted by Crippen LogP contribution is -2.03. The summed E-state index contributed by atoms with van der Waals surface area (Å²) in [6.45, 7) is 2.71. The predicted molar refractivity (Wildman–Crippen MR) is 75.6 cm³/mol. The molecule has 3 nitrogen and oxygen atoms in total. The van der Waals surface area contributed by atoms with Crippen molar-refractivity contribution in [1.82, 2.24) is 0 Å². The number of nitrogens with two attached hydrogens (primary N) is 2. The van der Waals surface area contributed by atoms with E-state index in [2.05, 4.69) is 13.0 Å². The van der Waals surface area contributed by atoms with Crippen LogP contribution in [-0.2, 0) is 6.42 Å². The molecular weight excluding hydrogens is 224 g/mol. The lowest BCUT2D eigenvalue weighted by atomic mass is 10.1. The summed E-state index contributed by atoms with van der Waals surface area (Å²) in [7, 11) is 0. The minimum Gasteiger partial charge on any atom is -0.493 e. The fourth-order valence-corrected chi connectivity index (χ4v) is 1.84. The highest BCUT2D eigenvalue weighted by atomic mass is 16.5. The largest absolute Gasteiger partial charge is 0.493 e. The molecule has 0 aromatic heterocycles. The molecule has 0 aliphatic rings. The second-order valence-electron chi connectivity index (χ2n) is 4.35. The van der Waals surface area contributed by atoms with Gasteiger partial charge in [-0.05, 0) is 54.4 Å². The van der Waals surface area contributed by atoms with Gasteiger partial charge in [0.1, 0.15) is 5.75 Å². The molecule has 0 aliphatic carbocycles. The third-order valence-electron chi connectivity index (χ3n) is 2.89. The molecule has 0 saturated heterocycles. The topological polar surface area (TPSA) is 61.3 Å². The monoisotopic (exact) mass is 242 g/mol. The van der Waals surface area contributed by atoms with Crippen LogP contribution in [0.3, 0.4) is 0 Å². The molecule has 2 aromatic carbocycles. The van der Waals surface area contributed by atoms with Crippen LogP contribution >= 0.6 is 0 Å². The highest BCUT2D eigenvalue weighted by Gasteiger charge is 2.00. The van der Waals surface area contributed by atoms with Crippen LogP contribution in [0.1, 0.15) is 11.1 Å². The molecule has 94 valence electrons. The van der Waals surface area contributed by atoms with Gasteiger partial charge in [-0.3, -0.25) is 0 Å². The SMILES string of the molecule is Cc1cc(N)ccc1CCOc1ccc(N)cc1. The molecule has 0 atom stereocenters. The summed E-state index contributed by atoms with van der Waals surface area (Å²) in [6.07, 6.45) is 0.872. The lowest BCUT2D eigenvalue weighted by Gasteiger charge is -2.09. The van der Waals surface area contributed by atoms with Gasteiger partial charge in [0.15, 0.2) is 0 Å². The quantitative estimate of drug-likeness (QED) is 0.810. The molecule has 0 fully saturated rings. The normalized spacial score (nSPS) is 10.3. The molecular formula is C15H18N2O. The number of ether oxygens (including phenoxy) is 1. The fraction of sp³-hybridized carbons (Fsp3) is 0.200. The second-order valence-corrected chi connectivity index (χ2v) is 4.35. The van der Waals surface area contributed by atoms with E-state index in [1.54, 1.807) is 0 Å². The molecule has 3 heteroatoms. The number of aryl methyl sites for hydroxylation is 1. The maximum Gasteiger partial charge on any atom is 0.119 e. The average molecular weight is 242 g/mol. The third-order valence-corrected chi connectivity index (χ3v) is 2.89. The van der Waals surface area contributed by atoms with Crippen LogP contribution < -0.4 is 16.2 Å². The summed E-state index contributed by atoms with van der Waals surface area (Å²) in [5.41, 5.74) is 15.3. The molecule has 0 aliphatic heterocycles. The summed E-state index contributed by atoms with van der Waals surface area (Å²) in [6, 6.07) is 13.4. The first-order valence-corrected chi connectivity index (χ1v) is 5.98. The summed E-state index contributed by atoms with van der Waals surface area (Å²) in [5, 5.41) is 0. The van der Waals surface area contributed by atoms with Crippen molar-refractivity contribution in [3.8, 4) is 5.75 Å². The summed E-state index contributed by atoms with van der Waals surface area (Å²) < 4.78 is 5.66. The maximum absolute atomic E-state index is 5.72. The molecule has 0 bridgehead atoms. The number of anilines is 2. The van der Waals surface area contributed by atoms with Gasteiger partial charge in [0, 0.05) is 17.8 Å².